The van der Waals surface area contributed by atoms with Gasteiger partial charge in [0.2, 0.25) is 0 Å². The Morgan fingerprint density at radius 1 is 1.32 bits per heavy atom. The smallest absolute Gasteiger partial charge is 0.149 e. The summed E-state index contributed by atoms with van der Waals surface area (Å²) in [6, 6.07) is 0. The molecule has 1 unspecified atom stereocenters. The minimum Gasteiger partial charge on any atom is -0.396 e. The average molecular weight is 325 g/mol. The molecule has 0 bridgehead atoms. The molecular formula is C17H27NO3S. The van der Waals surface area contributed by atoms with Crippen LogP contribution in [0.5, 0.6) is 0 Å². The van der Waals surface area contributed by atoms with Crippen LogP contribution in [0.2, 0.25) is 0 Å². The predicted octanol–water partition coefficient (Wildman–Crippen LogP) is 3.49. The third-order valence-corrected chi connectivity index (χ3v) is 6.44. The molecule has 0 radical (unpaired) electrons. The van der Waals surface area contributed by atoms with Crippen LogP contribution in [0.1, 0.15) is 52.9 Å². The molecule has 2 rings (SSSR count). The first-order valence-corrected chi connectivity index (χ1v) is 9.51. The molecule has 2 aliphatic rings. The van der Waals surface area contributed by atoms with Crippen molar-refractivity contribution in [1.82, 2.24) is 0 Å². The van der Waals surface area contributed by atoms with Crippen LogP contribution in [-0.2, 0) is 14.4 Å². The average Bonchev–Trinajstić information content (AvgIpc) is 2.80. The Morgan fingerprint density at radius 2 is 2.00 bits per heavy atom. The van der Waals surface area contributed by atoms with Crippen molar-refractivity contribution in [3.8, 4) is 0 Å². The van der Waals surface area contributed by atoms with Crippen molar-refractivity contribution in [3.63, 3.8) is 0 Å². The maximum Gasteiger partial charge on any atom is 0.149 e. The first-order valence-electron chi connectivity index (χ1n) is 8.36. The van der Waals surface area contributed by atoms with Crippen LogP contribution in [0.15, 0.2) is 5.16 Å². The summed E-state index contributed by atoms with van der Waals surface area (Å²) in [5, 5.41) is 4.11. The van der Waals surface area contributed by atoms with E-state index in [1.165, 1.54) is 0 Å². The molecule has 0 aromatic carbocycles. The fourth-order valence-electron chi connectivity index (χ4n) is 3.47. The van der Waals surface area contributed by atoms with Gasteiger partial charge in [0.25, 0.3) is 0 Å². The van der Waals surface area contributed by atoms with Crippen LogP contribution in [0, 0.1) is 17.3 Å². The monoisotopic (exact) mass is 325 g/mol. The highest BCUT2D eigenvalue weighted by Crippen LogP contribution is 2.50. The summed E-state index contributed by atoms with van der Waals surface area (Å²) in [6.07, 6.45) is 3.66. The lowest BCUT2D eigenvalue weighted by Crippen LogP contribution is -2.46. The van der Waals surface area contributed by atoms with Crippen molar-refractivity contribution in [1.29, 1.82) is 0 Å². The van der Waals surface area contributed by atoms with Gasteiger partial charge in [-0.3, -0.25) is 9.59 Å². The van der Waals surface area contributed by atoms with Crippen molar-refractivity contribution in [2.75, 3.05) is 18.1 Å². The summed E-state index contributed by atoms with van der Waals surface area (Å²) >= 11 is 1.87. The minimum atomic E-state index is -0.651. The van der Waals surface area contributed by atoms with Crippen molar-refractivity contribution < 1.29 is 14.4 Å². The Balaban J connectivity index is 2.17. The lowest BCUT2D eigenvalue weighted by atomic mass is 9.64. The van der Waals surface area contributed by atoms with E-state index in [1.54, 1.807) is 0 Å². The molecule has 0 aromatic heterocycles. The van der Waals surface area contributed by atoms with Gasteiger partial charge in [-0.2, -0.15) is 11.8 Å². The molecule has 0 N–H and O–H groups in total. The number of unbranched alkanes of at least 4 members (excludes halogenated alkanes) is 1. The number of ketones is 2. The van der Waals surface area contributed by atoms with E-state index in [4.69, 9.17) is 4.84 Å². The maximum absolute atomic E-state index is 12.7. The van der Waals surface area contributed by atoms with E-state index in [-0.39, 0.29) is 17.0 Å². The van der Waals surface area contributed by atoms with Gasteiger partial charge in [0, 0.05) is 18.6 Å². The minimum absolute atomic E-state index is 0.0557. The highest BCUT2D eigenvalue weighted by molar-refractivity contribution is 7.99. The Bertz CT molecular complexity index is 443. The zero-order chi connectivity index (χ0) is 16.2. The van der Waals surface area contributed by atoms with E-state index in [2.05, 4.69) is 19.0 Å². The highest BCUT2D eigenvalue weighted by Gasteiger charge is 2.51. The van der Waals surface area contributed by atoms with Crippen LogP contribution in [0.3, 0.4) is 0 Å². The number of nitrogens with zero attached hydrogens (tertiary/aromatic N) is 1. The molecule has 1 aliphatic carbocycles. The second-order valence-corrected chi connectivity index (χ2v) is 7.63. The van der Waals surface area contributed by atoms with E-state index < -0.39 is 5.92 Å². The number of Topliss-reactive ketones (excluding diaryl/α,β-unsaturated/α-hetero) is 2. The van der Waals surface area contributed by atoms with Crippen LogP contribution in [0.4, 0.5) is 0 Å². The van der Waals surface area contributed by atoms with Gasteiger partial charge in [-0.25, -0.2) is 0 Å². The molecule has 1 saturated carbocycles. The van der Waals surface area contributed by atoms with E-state index in [1.807, 2.05) is 18.7 Å². The highest BCUT2D eigenvalue weighted by atomic mass is 32.2. The van der Waals surface area contributed by atoms with Gasteiger partial charge in [0.15, 0.2) is 0 Å². The van der Waals surface area contributed by atoms with Crippen molar-refractivity contribution >= 4 is 29.0 Å². The molecule has 1 atom stereocenters. The third-order valence-electron chi connectivity index (χ3n) is 4.93. The molecule has 22 heavy (non-hydrogen) atoms. The SMILES string of the molecule is CCCCC(=NOCC)C1C(=O)CC2(CSCC2C)CC1=O. The third kappa shape index (κ3) is 3.55. The van der Waals surface area contributed by atoms with E-state index >= 15 is 0 Å². The van der Waals surface area contributed by atoms with Gasteiger partial charge in [-0.1, -0.05) is 25.4 Å². The summed E-state index contributed by atoms with van der Waals surface area (Å²) in [6.45, 7) is 6.59. The Kier molecular flexibility index (Phi) is 6.07. The number of carbonyl (C=O) groups excluding carboxylic acids is 2. The second-order valence-electron chi connectivity index (χ2n) is 6.60. The fraction of sp³-hybridized carbons (Fsp3) is 0.824. The van der Waals surface area contributed by atoms with E-state index in [9.17, 15) is 9.59 Å². The number of carbonyl (C=O) groups is 2. The first kappa shape index (κ1) is 17.5. The number of oxime groups is 1. The van der Waals surface area contributed by atoms with Gasteiger partial charge in [-0.15, -0.1) is 0 Å². The maximum atomic E-state index is 12.7. The molecule has 1 aliphatic heterocycles. The number of thioether (sulfide) groups is 1. The number of hydrogen-bond donors (Lipinski definition) is 0. The molecule has 1 spiro atoms. The van der Waals surface area contributed by atoms with Crippen LogP contribution < -0.4 is 0 Å². The molecule has 0 amide bonds. The van der Waals surface area contributed by atoms with Gasteiger partial charge in [-0.05, 0) is 36.9 Å². The van der Waals surface area contributed by atoms with Crippen LogP contribution >= 0.6 is 11.8 Å². The summed E-state index contributed by atoms with van der Waals surface area (Å²) in [5.74, 6) is 1.89. The van der Waals surface area contributed by atoms with E-state index in [0.717, 1.165) is 24.3 Å². The number of rotatable bonds is 6. The zero-order valence-electron chi connectivity index (χ0n) is 13.9. The standard InChI is InChI=1S/C17H27NO3S/c1-4-6-7-13(18-21-5-2)16-14(19)8-17(9-15(16)20)11-22-10-12(17)3/h12,16H,4-11H2,1-3H3. The van der Waals surface area contributed by atoms with Crippen molar-refractivity contribution in [2.24, 2.45) is 22.4 Å². The molecule has 5 heteroatoms. The Morgan fingerprint density at radius 3 is 2.50 bits per heavy atom. The van der Waals surface area contributed by atoms with Crippen molar-refractivity contribution in [2.45, 2.75) is 52.9 Å². The summed E-state index contributed by atoms with van der Waals surface area (Å²) in [7, 11) is 0. The fourth-order valence-corrected chi connectivity index (χ4v) is 5.19. The summed E-state index contributed by atoms with van der Waals surface area (Å²) in [5.41, 5.74) is 0.545. The van der Waals surface area contributed by atoms with Crippen LogP contribution in [-0.4, -0.2) is 35.4 Å². The van der Waals surface area contributed by atoms with Gasteiger partial charge in [0.1, 0.15) is 24.1 Å². The topological polar surface area (TPSA) is 55.7 Å². The Hall–Kier alpha value is -0.840. The normalized spacial score (nSPS) is 32.8. The first-order chi connectivity index (χ1) is 10.5. The van der Waals surface area contributed by atoms with Crippen molar-refractivity contribution in [3.05, 3.63) is 0 Å². The summed E-state index contributed by atoms with van der Waals surface area (Å²) in [4.78, 5) is 30.6. The molecule has 1 heterocycles. The lowest BCUT2D eigenvalue weighted by Gasteiger charge is -2.38. The van der Waals surface area contributed by atoms with Gasteiger partial charge in [0.05, 0.1) is 5.71 Å². The van der Waals surface area contributed by atoms with E-state index in [0.29, 0.717) is 37.5 Å². The van der Waals surface area contributed by atoms with Gasteiger partial charge < -0.3 is 4.84 Å². The largest absolute Gasteiger partial charge is 0.396 e. The molecule has 1 saturated heterocycles. The lowest BCUT2D eigenvalue weighted by molar-refractivity contribution is -0.138. The number of hydrogen-bond acceptors (Lipinski definition) is 5. The zero-order valence-corrected chi connectivity index (χ0v) is 14.7. The van der Waals surface area contributed by atoms with Gasteiger partial charge >= 0.3 is 0 Å². The second kappa shape index (κ2) is 7.62. The molecule has 4 nitrogen and oxygen atoms in total. The summed E-state index contributed by atoms with van der Waals surface area (Å²) < 4.78 is 0. The predicted molar refractivity (Wildman–Crippen MR) is 90.2 cm³/mol. The molecular weight excluding hydrogens is 298 g/mol. The quantitative estimate of drug-likeness (QED) is 0.426. The molecule has 2 fully saturated rings. The Labute approximate surface area is 137 Å². The van der Waals surface area contributed by atoms with Crippen LogP contribution in [0.25, 0.3) is 0 Å². The molecule has 0 aromatic rings. The molecule has 124 valence electrons.